The molecular weight excluding hydrogens is 391 g/mol. The third-order valence-electron chi connectivity index (χ3n) is 6.32. The molecule has 29 heavy (non-hydrogen) atoms. The Bertz CT molecular complexity index is 1080. The van der Waals surface area contributed by atoms with Crippen molar-refractivity contribution in [3.63, 3.8) is 0 Å². The van der Waals surface area contributed by atoms with Crippen molar-refractivity contribution in [1.82, 2.24) is 19.6 Å². The van der Waals surface area contributed by atoms with Gasteiger partial charge in [0, 0.05) is 31.2 Å². The van der Waals surface area contributed by atoms with Crippen molar-refractivity contribution in [2.45, 2.75) is 19.9 Å². The van der Waals surface area contributed by atoms with Gasteiger partial charge in [0.1, 0.15) is 5.65 Å². The molecule has 2 fully saturated rings. The molecule has 0 aliphatic carbocycles. The molecular formula is C22H24ClFN4O. The fourth-order valence-electron chi connectivity index (χ4n) is 4.93. The molecule has 2 saturated heterocycles. The molecule has 0 saturated carbocycles. The molecule has 3 atom stereocenters. The van der Waals surface area contributed by atoms with Crippen LogP contribution in [-0.4, -0.2) is 39.8 Å². The van der Waals surface area contributed by atoms with Crippen molar-refractivity contribution < 1.29 is 9.18 Å². The normalized spacial score (nSPS) is 23.3. The van der Waals surface area contributed by atoms with E-state index in [1.54, 1.807) is 6.07 Å². The Morgan fingerprint density at radius 3 is 2.69 bits per heavy atom. The van der Waals surface area contributed by atoms with Gasteiger partial charge in [-0.25, -0.2) is 4.98 Å². The number of pyridine rings is 1. The average Bonchev–Trinajstić information content (AvgIpc) is 3.35. The summed E-state index contributed by atoms with van der Waals surface area (Å²) < 4.78 is 16.5. The first kappa shape index (κ1) is 19.9. The lowest BCUT2D eigenvalue weighted by Crippen LogP contribution is -2.35. The van der Waals surface area contributed by atoms with Gasteiger partial charge in [0.05, 0.1) is 6.04 Å². The van der Waals surface area contributed by atoms with E-state index in [0.717, 1.165) is 29.9 Å². The molecule has 0 bridgehead atoms. The van der Waals surface area contributed by atoms with Crippen LogP contribution in [0.15, 0.2) is 42.5 Å². The van der Waals surface area contributed by atoms with E-state index in [1.165, 1.54) is 4.40 Å². The molecule has 3 aromatic rings. The second-order valence-electron chi connectivity index (χ2n) is 7.95. The average molecular weight is 415 g/mol. The Kier molecular flexibility index (Phi) is 5.09. The first-order valence-electron chi connectivity index (χ1n) is 9.77. The smallest absolute Gasteiger partial charge is 0.277 e. The minimum absolute atomic E-state index is 0. The minimum Gasteiger partial charge on any atom is -0.329 e. The molecule has 0 spiro atoms. The highest BCUT2D eigenvalue weighted by Crippen LogP contribution is 2.44. The number of amides is 1. The summed E-state index contributed by atoms with van der Waals surface area (Å²) in [6, 6.07) is 13.5. The number of imidazole rings is 1. The van der Waals surface area contributed by atoms with Crippen LogP contribution in [0.3, 0.4) is 0 Å². The Morgan fingerprint density at radius 2 is 1.93 bits per heavy atom. The van der Waals surface area contributed by atoms with Crippen LogP contribution in [0.2, 0.25) is 0 Å². The third-order valence-corrected chi connectivity index (χ3v) is 6.32. The van der Waals surface area contributed by atoms with Gasteiger partial charge in [-0.05, 0) is 43.0 Å². The number of benzene rings is 1. The van der Waals surface area contributed by atoms with Gasteiger partial charge >= 0.3 is 0 Å². The monoisotopic (exact) mass is 414 g/mol. The van der Waals surface area contributed by atoms with Crippen LogP contribution in [0.4, 0.5) is 4.39 Å². The first-order chi connectivity index (χ1) is 13.6. The lowest BCUT2D eigenvalue weighted by molar-refractivity contribution is 0.0703. The fraction of sp³-hybridized carbons (Fsp3) is 0.364. The van der Waals surface area contributed by atoms with Crippen molar-refractivity contribution in [3.8, 4) is 0 Å². The Hall–Kier alpha value is -2.44. The molecule has 1 N–H and O–H groups in total. The van der Waals surface area contributed by atoms with Crippen molar-refractivity contribution in [3.05, 3.63) is 70.9 Å². The maximum atomic E-state index is 15.1. The van der Waals surface area contributed by atoms with Crippen LogP contribution in [0.1, 0.15) is 33.4 Å². The molecule has 1 aromatic carbocycles. The van der Waals surface area contributed by atoms with Crippen molar-refractivity contribution >= 4 is 24.0 Å². The molecule has 0 radical (unpaired) electrons. The third kappa shape index (κ3) is 3.02. The highest BCUT2D eigenvalue weighted by atomic mass is 35.5. The molecule has 1 amide bonds. The van der Waals surface area contributed by atoms with E-state index in [-0.39, 0.29) is 30.0 Å². The van der Waals surface area contributed by atoms with Crippen LogP contribution in [0, 0.1) is 31.6 Å². The van der Waals surface area contributed by atoms with E-state index in [1.807, 2.05) is 36.1 Å². The number of likely N-dealkylation sites (tertiary alicyclic amines) is 1. The van der Waals surface area contributed by atoms with Crippen LogP contribution in [0.5, 0.6) is 0 Å². The van der Waals surface area contributed by atoms with E-state index in [2.05, 4.69) is 29.4 Å². The molecule has 5 rings (SSSR count). The summed E-state index contributed by atoms with van der Waals surface area (Å²) in [4.78, 5) is 19.7. The van der Waals surface area contributed by atoms with Crippen molar-refractivity contribution in [2.75, 3.05) is 19.6 Å². The van der Waals surface area contributed by atoms with E-state index < -0.39 is 5.95 Å². The molecule has 4 heterocycles. The van der Waals surface area contributed by atoms with Gasteiger partial charge in [-0.1, -0.05) is 30.3 Å². The summed E-state index contributed by atoms with van der Waals surface area (Å²) in [6.45, 7) is 6.28. The largest absolute Gasteiger partial charge is 0.329 e. The van der Waals surface area contributed by atoms with Crippen molar-refractivity contribution in [2.24, 2.45) is 11.8 Å². The zero-order valence-corrected chi connectivity index (χ0v) is 17.2. The quantitative estimate of drug-likeness (QED) is 0.697. The molecule has 2 aliphatic rings. The Labute approximate surface area is 175 Å². The number of nitrogens with zero attached hydrogens (tertiary/aromatic N) is 3. The number of carbonyl (C=O) groups excluding carboxylic acids is 1. The highest BCUT2D eigenvalue weighted by Gasteiger charge is 2.48. The molecule has 2 aliphatic heterocycles. The second-order valence-corrected chi connectivity index (χ2v) is 7.95. The number of aromatic nitrogens is 2. The standard InChI is InChI=1S/C22H23FN4O.ClH/c1-13-6-3-4-8-16(13)20-17-11-24-10-15(17)12-26(20)22(28)19-21(23)27-14(2)7-5-9-18(27)25-19;/h3-9,15,17,20,24H,10-12H2,1-2H3;1H/t15-,17-,20+;/m0./s1. The van der Waals surface area contributed by atoms with Crippen molar-refractivity contribution in [1.29, 1.82) is 0 Å². The number of halogens is 2. The lowest BCUT2D eigenvalue weighted by atomic mass is 9.87. The Morgan fingerprint density at radius 1 is 1.14 bits per heavy atom. The summed E-state index contributed by atoms with van der Waals surface area (Å²) >= 11 is 0. The summed E-state index contributed by atoms with van der Waals surface area (Å²) in [6.07, 6.45) is 0. The van der Waals surface area contributed by atoms with Gasteiger partial charge < -0.3 is 10.2 Å². The zero-order chi connectivity index (χ0) is 19.4. The van der Waals surface area contributed by atoms with E-state index in [4.69, 9.17) is 0 Å². The number of nitrogens with one attached hydrogen (secondary N) is 1. The van der Waals surface area contributed by atoms with E-state index >= 15 is 4.39 Å². The highest BCUT2D eigenvalue weighted by molar-refractivity contribution is 5.94. The van der Waals surface area contributed by atoms with Gasteiger partial charge in [-0.3, -0.25) is 9.20 Å². The summed E-state index contributed by atoms with van der Waals surface area (Å²) in [5.74, 6) is -0.165. The van der Waals surface area contributed by atoms with Crippen LogP contribution < -0.4 is 5.32 Å². The number of aryl methyl sites for hydroxylation is 2. The minimum atomic E-state index is -0.572. The number of hydrogen-bond acceptors (Lipinski definition) is 3. The second kappa shape index (κ2) is 7.43. The SMILES string of the molecule is Cc1ccccc1[C@@H]1[C@H]2CNC[C@H]2CN1C(=O)c1nc2cccc(C)n2c1F.Cl. The predicted molar refractivity (Wildman–Crippen MR) is 112 cm³/mol. The Balaban J connectivity index is 0.00000205. The predicted octanol–water partition coefficient (Wildman–Crippen LogP) is 3.54. The lowest BCUT2D eigenvalue weighted by Gasteiger charge is -2.29. The molecule has 7 heteroatoms. The van der Waals surface area contributed by atoms with Crippen LogP contribution in [0.25, 0.3) is 5.65 Å². The maximum absolute atomic E-state index is 15.1. The topological polar surface area (TPSA) is 49.6 Å². The number of rotatable bonds is 2. The van der Waals surface area contributed by atoms with Gasteiger partial charge in [-0.2, -0.15) is 4.39 Å². The van der Waals surface area contributed by atoms with Crippen LogP contribution in [-0.2, 0) is 0 Å². The van der Waals surface area contributed by atoms with Gasteiger partial charge in [-0.15, -0.1) is 12.4 Å². The number of fused-ring (bicyclic) bond motifs is 2. The zero-order valence-electron chi connectivity index (χ0n) is 16.4. The molecule has 152 valence electrons. The molecule has 5 nitrogen and oxygen atoms in total. The van der Waals surface area contributed by atoms with Crippen LogP contribution >= 0.6 is 12.4 Å². The van der Waals surface area contributed by atoms with E-state index in [0.29, 0.717) is 24.0 Å². The number of hydrogen-bond donors (Lipinski definition) is 1. The van der Waals surface area contributed by atoms with Gasteiger partial charge in [0.15, 0.2) is 5.69 Å². The molecule has 2 aromatic heterocycles. The molecule has 0 unspecified atom stereocenters. The number of carbonyl (C=O) groups is 1. The summed E-state index contributed by atoms with van der Waals surface area (Å²) in [7, 11) is 0. The van der Waals surface area contributed by atoms with Gasteiger partial charge in [0.25, 0.3) is 5.91 Å². The first-order valence-corrected chi connectivity index (χ1v) is 9.77. The van der Waals surface area contributed by atoms with E-state index in [9.17, 15) is 4.79 Å². The van der Waals surface area contributed by atoms with Gasteiger partial charge in [0.2, 0.25) is 5.95 Å². The fourth-order valence-corrected chi connectivity index (χ4v) is 4.93. The summed E-state index contributed by atoms with van der Waals surface area (Å²) in [5, 5.41) is 3.45. The summed E-state index contributed by atoms with van der Waals surface area (Å²) in [5.41, 5.74) is 3.41. The maximum Gasteiger partial charge on any atom is 0.277 e.